The lowest BCUT2D eigenvalue weighted by Crippen LogP contribution is -2.30. The van der Waals surface area contributed by atoms with Gasteiger partial charge >= 0.3 is 0 Å². The minimum absolute atomic E-state index is 0.907. The van der Waals surface area contributed by atoms with E-state index in [9.17, 15) is 4.89 Å². The standard InChI is InChI=1S/C41H30N2OP/c44-45(34-20-9-3-10-21-34,35-22-11-4-12-23-35)36-27-25-31(26-28-36)40-39-38(30-15-5-1-6-16-30)29-32-17-13-14-24-37(32)41(39)43(42-40)33-18-7-2-8-19-33/h1-29,44H/q+1. The van der Waals surface area contributed by atoms with Crippen molar-refractivity contribution in [3.8, 4) is 28.1 Å². The molecule has 0 aliphatic heterocycles. The third-order valence-corrected chi connectivity index (χ3v) is 11.7. The van der Waals surface area contributed by atoms with E-state index in [2.05, 4.69) is 114 Å². The minimum Gasteiger partial charge on any atom is -0.235 e. The van der Waals surface area contributed by atoms with Crippen LogP contribution >= 0.6 is 7.49 Å². The Morgan fingerprint density at radius 3 is 1.62 bits per heavy atom. The number of hydrogen-bond donors (Lipinski definition) is 1. The van der Waals surface area contributed by atoms with Crippen LogP contribution < -0.4 is 15.9 Å². The van der Waals surface area contributed by atoms with Gasteiger partial charge in [-0.15, -0.1) is 0 Å². The van der Waals surface area contributed by atoms with Crippen LogP contribution in [0, 0.1) is 0 Å². The highest BCUT2D eigenvalue weighted by atomic mass is 31.2. The second-order valence-electron chi connectivity index (χ2n) is 11.2. The average molecular weight is 598 g/mol. The fourth-order valence-corrected chi connectivity index (χ4v) is 9.04. The zero-order chi connectivity index (χ0) is 30.2. The molecule has 0 bridgehead atoms. The van der Waals surface area contributed by atoms with Crippen molar-refractivity contribution in [1.82, 2.24) is 9.78 Å². The van der Waals surface area contributed by atoms with Crippen molar-refractivity contribution in [2.45, 2.75) is 0 Å². The summed E-state index contributed by atoms with van der Waals surface area (Å²) in [6.45, 7) is 0. The van der Waals surface area contributed by atoms with E-state index in [-0.39, 0.29) is 0 Å². The van der Waals surface area contributed by atoms with Crippen LogP contribution in [-0.4, -0.2) is 14.7 Å². The zero-order valence-corrected chi connectivity index (χ0v) is 25.4. The Labute approximate surface area is 263 Å². The van der Waals surface area contributed by atoms with Crippen LogP contribution in [0.25, 0.3) is 49.7 Å². The third kappa shape index (κ3) is 4.65. The van der Waals surface area contributed by atoms with Gasteiger partial charge in [-0.05, 0) is 83.2 Å². The van der Waals surface area contributed by atoms with Crippen molar-refractivity contribution in [3.05, 3.63) is 176 Å². The second kappa shape index (κ2) is 11.3. The number of nitrogens with zero attached hydrogens (tertiary/aromatic N) is 2. The van der Waals surface area contributed by atoms with Crippen LogP contribution in [0.15, 0.2) is 176 Å². The van der Waals surface area contributed by atoms with Crippen molar-refractivity contribution in [3.63, 3.8) is 0 Å². The maximum Gasteiger partial charge on any atom is 0.238 e. The van der Waals surface area contributed by atoms with Crippen LogP contribution in [0.4, 0.5) is 0 Å². The van der Waals surface area contributed by atoms with Gasteiger partial charge in [0.1, 0.15) is 21.6 Å². The molecule has 3 nitrogen and oxygen atoms in total. The first-order valence-electron chi connectivity index (χ1n) is 15.1. The fraction of sp³-hybridized carbons (Fsp3) is 0. The molecule has 1 N–H and O–H groups in total. The summed E-state index contributed by atoms with van der Waals surface area (Å²) in [4.78, 5) is 12.5. The number of benzene rings is 7. The Balaban J connectivity index is 1.39. The van der Waals surface area contributed by atoms with E-state index < -0.39 is 7.49 Å². The number of hydrogen-bond acceptors (Lipinski definition) is 2. The predicted molar refractivity (Wildman–Crippen MR) is 190 cm³/mol. The van der Waals surface area contributed by atoms with Gasteiger partial charge in [0.2, 0.25) is 7.49 Å². The first kappa shape index (κ1) is 27.2. The Bertz CT molecular complexity index is 2210. The molecule has 45 heavy (non-hydrogen) atoms. The summed E-state index contributed by atoms with van der Waals surface area (Å²) in [6.07, 6.45) is 0. The van der Waals surface area contributed by atoms with Crippen LogP contribution in [0.2, 0.25) is 0 Å². The molecular weight excluding hydrogens is 567 g/mol. The van der Waals surface area contributed by atoms with E-state index >= 15 is 0 Å². The highest BCUT2D eigenvalue weighted by Crippen LogP contribution is 2.51. The summed E-state index contributed by atoms with van der Waals surface area (Å²) < 4.78 is 2.09. The van der Waals surface area contributed by atoms with E-state index in [4.69, 9.17) is 5.10 Å². The summed E-state index contributed by atoms with van der Waals surface area (Å²) in [6, 6.07) is 60.2. The molecule has 0 aliphatic rings. The molecule has 0 atom stereocenters. The largest absolute Gasteiger partial charge is 0.238 e. The van der Waals surface area contributed by atoms with Gasteiger partial charge in [-0.3, -0.25) is 0 Å². The molecule has 7 aromatic carbocycles. The number of fused-ring (bicyclic) bond motifs is 3. The van der Waals surface area contributed by atoms with Gasteiger partial charge in [0.25, 0.3) is 0 Å². The zero-order valence-electron chi connectivity index (χ0n) is 24.5. The third-order valence-electron chi connectivity index (χ3n) is 8.53. The van der Waals surface area contributed by atoms with Crippen LogP contribution in [-0.2, 0) is 0 Å². The van der Waals surface area contributed by atoms with Gasteiger partial charge in [0.05, 0.1) is 11.2 Å². The molecule has 0 saturated heterocycles. The summed E-state index contributed by atoms with van der Waals surface area (Å²) in [5.74, 6) is 0. The molecule has 4 heteroatoms. The summed E-state index contributed by atoms with van der Waals surface area (Å²) in [5, 5.41) is 11.5. The Morgan fingerprint density at radius 2 is 1.00 bits per heavy atom. The molecule has 0 spiro atoms. The topological polar surface area (TPSA) is 38.1 Å². The van der Waals surface area contributed by atoms with E-state index in [1.54, 1.807) is 0 Å². The van der Waals surface area contributed by atoms with Gasteiger partial charge in [0, 0.05) is 16.3 Å². The van der Waals surface area contributed by atoms with Gasteiger partial charge in [-0.2, -0.15) is 5.10 Å². The lowest BCUT2D eigenvalue weighted by Gasteiger charge is -2.20. The second-order valence-corrected chi connectivity index (χ2v) is 14.0. The fourth-order valence-electron chi connectivity index (χ4n) is 6.36. The Morgan fingerprint density at radius 1 is 0.489 bits per heavy atom. The Hall–Kier alpha value is -5.34. The van der Waals surface area contributed by atoms with Crippen molar-refractivity contribution < 1.29 is 4.89 Å². The molecule has 8 rings (SSSR count). The molecule has 0 amide bonds. The van der Waals surface area contributed by atoms with E-state index in [1.165, 1.54) is 5.39 Å². The number of aromatic nitrogens is 2. The monoisotopic (exact) mass is 597 g/mol. The molecule has 214 valence electrons. The van der Waals surface area contributed by atoms with Crippen molar-refractivity contribution in [2.24, 2.45) is 0 Å². The molecule has 0 radical (unpaired) electrons. The van der Waals surface area contributed by atoms with Crippen molar-refractivity contribution >= 4 is 45.1 Å². The summed E-state index contributed by atoms with van der Waals surface area (Å²) in [5.41, 5.74) is 6.28. The SMILES string of the molecule is O[P+](c1ccccc1)(c1ccccc1)c1ccc(-c2nn(-c3ccccc3)c3c2c(-c2ccccc2)cc2ccccc23)cc1. The highest BCUT2D eigenvalue weighted by Gasteiger charge is 2.44. The van der Waals surface area contributed by atoms with Crippen molar-refractivity contribution in [1.29, 1.82) is 0 Å². The first-order chi connectivity index (χ1) is 22.2. The minimum atomic E-state index is -2.84. The van der Waals surface area contributed by atoms with Crippen LogP contribution in [0.5, 0.6) is 0 Å². The van der Waals surface area contributed by atoms with Crippen LogP contribution in [0.3, 0.4) is 0 Å². The molecule has 0 fully saturated rings. The average Bonchev–Trinajstić information content (AvgIpc) is 3.54. The molecule has 0 aliphatic carbocycles. The van der Waals surface area contributed by atoms with E-state index in [0.717, 1.165) is 60.3 Å². The summed E-state index contributed by atoms with van der Waals surface area (Å²) >= 11 is 0. The maximum atomic E-state index is 12.5. The molecule has 8 aromatic rings. The molecule has 0 unspecified atom stereocenters. The highest BCUT2D eigenvalue weighted by molar-refractivity contribution is 7.91. The van der Waals surface area contributed by atoms with Gasteiger partial charge < -0.3 is 0 Å². The lowest BCUT2D eigenvalue weighted by molar-refractivity contribution is 0.633. The molecule has 1 heterocycles. The molecular formula is C41H30N2OP+. The molecule has 0 saturated carbocycles. The normalized spacial score (nSPS) is 11.7. The van der Waals surface area contributed by atoms with Gasteiger partial charge in [-0.25, -0.2) is 9.58 Å². The number of para-hydroxylation sites is 1. The van der Waals surface area contributed by atoms with E-state index in [1.807, 2.05) is 66.7 Å². The summed E-state index contributed by atoms with van der Waals surface area (Å²) in [7, 11) is -2.84. The number of rotatable bonds is 6. The van der Waals surface area contributed by atoms with E-state index in [0.29, 0.717) is 0 Å². The predicted octanol–water partition coefficient (Wildman–Crippen LogP) is 8.71. The Kier molecular flexibility index (Phi) is 6.84. The maximum absolute atomic E-state index is 12.5. The van der Waals surface area contributed by atoms with Crippen molar-refractivity contribution in [2.75, 3.05) is 0 Å². The molecule has 1 aromatic heterocycles. The van der Waals surface area contributed by atoms with Gasteiger partial charge in [-0.1, -0.05) is 109 Å². The van der Waals surface area contributed by atoms with Crippen LogP contribution in [0.1, 0.15) is 0 Å². The van der Waals surface area contributed by atoms with Gasteiger partial charge in [0.15, 0.2) is 0 Å². The first-order valence-corrected chi connectivity index (χ1v) is 16.9. The quantitative estimate of drug-likeness (QED) is 0.195. The lowest BCUT2D eigenvalue weighted by atomic mass is 9.94. The smallest absolute Gasteiger partial charge is 0.235 e.